The lowest BCUT2D eigenvalue weighted by molar-refractivity contribution is 0.602. The van der Waals surface area contributed by atoms with Gasteiger partial charge in [0.25, 0.3) is 0 Å². The molecule has 1 aromatic heterocycles. The number of guanidine groups is 1. The van der Waals surface area contributed by atoms with E-state index in [-0.39, 0.29) is 30.0 Å². The van der Waals surface area contributed by atoms with Gasteiger partial charge in [-0.2, -0.15) is 0 Å². The number of halogens is 1. The summed E-state index contributed by atoms with van der Waals surface area (Å²) in [4.78, 5) is 6.22. The molecule has 8 heteroatoms. The molecule has 0 bridgehead atoms. The van der Waals surface area contributed by atoms with Gasteiger partial charge in [0.05, 0.1) is 10.9 Å². The van der Waals surface area contributed by atoms with Gasteiger partial charge >= 0.3 is 0 Å². The molecule has 1 unspecified atom stereocenters. The van der Waals surface area contributed by atoms with Crippen LogP contribution < -0.4 is 10.6 Å². The van der Waals surface area contributed by atoms with Gasteiger partial charge in [-0.15, -0.1) is 35.3 Å². The molecular formula is C18H26IN3O2S2. The maximum Gasteiger partial charge on any atom is 0.191 e. The number of sulfone groups is 1. The molecular weight excluding hydrogens is 481 g/mol. The molecule has 0 amide bonds. The van der Waals surface area contributed by atoms with E-state index < -0.39 is 9.84 Å². The van der Waals surface area contributed by atoms with Crippen LogP contribution in [0.5, 0.6) is 0 Å². The molecule has 2 rings (SSSR count). The Morgan fingerprint density at radius 3 is 2.46 bits per heavy atom. The summed E-state index contributed by atoms with van der Waals surface area (Å²) in [6, 6.07) is 11.3. The fraction of sp³-hybridized carbons (Fsp3) is 0.389. The molecule has 1 aromatic carbocycles. The Hall–Kier alpha value is -1.13. The molecule has 0 aliphatic carbocycles. The van der Waals surface area contributed by atoms with E-state index in [4.69, 9.17) is 0 Å². The lowest BCUT2D eigenvalue weighted by atomic mass is 10.1. The number of hydrogen-bond donors (Lipinski definition) is 2. The van der Waals surface area contributed by atoms with Gasteiger partial charge in [-0.25, -0.2) is 8.42 Å². The zero-order chi connectivity index (χ0) is 18.3. The van der Waals surface area contributed by atoms with Crippen molar-refractivity contribution in [1.29, 1.82) is 0 Å². The first-order valence-corrected chi connectivity index (χ1v) is 11.0. The Kier molecular flexibility index (Phi) is 9.59. The summed E-state index contributed by atoms with van der Waals surface area (Å²) in [5.41, 5.74) is 1.07. The molecule has 5 nitrogen and oxygen atoms in total. The molecule has 144 valence electrons. The van der Waals surface area contributed by atoms with E-state index in [2.05, 4.69) is 34.0 Å². The van der Waals surface area contributed by atoms with Crippen LogP contribution in [0.3, 0.4) is 0 Å². The summed E-state index contributed by atoms with van der Waals surface area (Å²) in [5.74, 6) is 0.788. The van der Waals surface area contributed by atoms with Crippen molar-refractivity contribution in [2.75, 3.05) is 19.3 Å². The van der Waals surface area contributed by atoms with Gasteiger partial charge in [0.15, 0.2) is 15.8 Å². The van der Waals surface area contributed by atoms with E-state index >= 15 is 0 Å². The van der Waals surface area contributed by atoms with Crippen molar-refractivity contribution in [1.82, 2.24) is 10.6 Å². The van der Waals surface area contributed by atoms with Crippen LogP contribution in [0.25, 0.3) is 0 Å². The van der Waals surface area contributed by atoms with Crippen molar-refractivity contribution in [2.45, 2.75) is 31.2 Å². The third-order valence-corrected chi connectivity index (χ3v) is 5.87. The van der Waals surface area contributed by atoms with E-state index in [0.717, 1.165) is 24.5 Å². The number of hydrogen-bond acceptors (Lipinski definition) is 4. The monoisotopic (exact) mass is 507 g/mol. The van der Waals surface area contributed by atoms with E-state index in [0.29, 0.717) is 11.4 Å². The summed E-state index contributed by atoms with van der Waals surface area (Å²) >= 11 is 1.72. The first-order chi connectivity index (χ1) is 11.9. The van der Waals surface area contributed by atoms with Crippen LogP contribution in [0, 0.1) is 0 Å². The molecule has 2 N–H and O–H groups in total. The highest BCUT2D eigenvalue weighted by Crippen LogP contribution is 2.17. The Balaban J connectivity index is 0.00000338. The zero-order valence-electron chi connectivity index (χ0n) is 15.2. The van der Waals surface area contributed by atoms with Crippen molar-refractivity contribution < 1.29 is 8.42 Å². The van der Waals surface area contributed by atoms with E-state index in [9.17, 15) is 8.42 Å². The normalized spacial score (nSPS) is 13.0. The molecule has 1 atom stereocenters. The van der Waals surface area contributed by atoms with Crippen molar-refractivity contribution in [3.05, 3.63) is 52.2 Å². The summed E-state index contributed by atoms with van der Waals surface area (Å²) in [5, 5.41) is 8.73. The van der Waals surface area contributed by atoms with E-state index in [1.807, 2.05) is 25.1 Å². The lowest BCUT2D eigenvalue weighted by Gasteiger charge is -2.16. The molecule has 0 fully saturated rings. The highest BCUT2D eigenvalue weighted by molar-refractivity contribution is 14.0. The van der Waals surface area contributed by atoms with Crippen LogP contribution in [0.15, 0.2) is 51.7 Å². The van der Waals surface area contributed by atoms with Crippen LogP contribution in [0.1, 0.15) is 30.3 Å². The lowest BCUT2D eigenvalue weighted by Crippen LogP contribution is -2.38. The Bertz CT molecular complexity index is 788. The minimum absolute atomic E-state index is 0. The average molecular weight is 507 g/mol. The first-order valence-electron chi connectivity index (χ1n) is 8.27. The van der Waals surface area contributed by atoms with Gasteiger partial charge in [0.1, 0.15) is 0 Å². The van der Waals surface area contributed by atoms with Gasteiger partial charge in [-0.1, -0.05) is 18.2 Å². The van der Waals surface area contributed by atoms with Crippen LogP contribution in [0.2, 0.25) is 0 Å². The SMILES string of the molecule is CCNC(=NCCc1ccc(S(C)(=O)=O)cc1)NC(C)c1cccs1.I. The first kappa shape index (κ1) is 22.9. The molecule has 0 radical (unpaired) electrons. The van der Waals surface area contributed by atoms with Crippen LogP contribution >= 0.6 is 35.3 Å². The highest BCUT2D eigenvalue weighted by atomic mass is 127. The molecule has 0 spiro atoms. The zero-order valence-corrected chi connectivity index (χ0v) is 19.2. The minimum Gasteiger partial charge on any atom is -0.357 e. The molecule has 0 saturated carbocycles. The number of nitrogens with zero attached hydrogens (tertiary/aromatic N) is 1. The van der Waals surface area contributed by atoms with Crippen molar-refractivity contribution in [3.63, 3.8) is 0 Å². The number of thiophene rings is 1. The fourth-order valence-corrected chi connectivity index (χ4v) is 3.70. The van der Waals surface area contributed by atoms with Crippen LogP contribution in [-0.4, -0.2) is 33.7 Å². The second-order valence-electron chi connectivity index (χ2n) is 5.81. The van der Waals surface area contributed by atoms with Crippen LogP contribution in [0.4, 0.5) is 0 Å². The standard InChI is InChI=1S/C18H25N3O2S2.HI/c1-4-19-18(21-14(2)17-6-5-13-24-17)20-12-11-15-7-9-16(10-8-15)25(3,22)23;/h5-10,13-14H,4,11-12H2,1-3H3,(H2,19,20,21);1H. The predicted octanol–water partition coefficient (Wildman–Crippen LogP) is 3.63. The minimum atomic E-state index is -3.14. The van der Waals surface area contributed by atoms with Crippen molar-refractivity contribution >= 4 is 51.1 Å². The summed E-state index contributed by atoms with van der Waals surface area (Å²) in [7, 11) is -3.14. The Morgan fingerprint density at radius 1 is 1.23 bits per heavy atom. The molecule has 0 saturated heterocycles. The second kappa shape index (κ2) is 10.9. The van der Waals surface area contributed by atoms with Gasteiger partial charge in [0, 0.05) is 24.2 Å². The average Bonchev–Trinajstić information content (AvgIpc) is 3.09. The van der Waals surface area contributed by atoms with Crippen molar-refractivity contribution in [2.24, 2.45) is 4.99 Å². The summed E-state index contributed by atoms with van der Waals surface area (Å²) < 4.78 is 23.0. The topological polar surface area (TPSA) is 70.6 Å². The largest absolute Gasteiger partial charge is 0.357 e. The predicted molar refractivity (Wildman–Crippen MR) is 121 cm³/mol. The summed E-state index contributed by atoms with van der Waals surface area (Å²) in [6.07, 6.45) is 1.98. The van der Waals surface area contributed by atoms with E-state index in [1.165, 1.54) is 11.1 Å². The maximum atomic E-state index is 11.5. The highest BCUT2D eigenvalue weighted by Gasteiger charge is 2.09. The van der Waals surface area contributed by atoms with Gasteiger partial charge < -0.3 is 10.6 Å². The second-order valence-corrected chi connectivity index (χ2v) is 8.80. The number of aliphatic imine (C=N–C) groups is 1. The maximum absolute atomic E-state index is 11.5. The number of benzene rings is 1. The van der Waals surface area contributed by atoms with Gasteiger partial charge in [-0.05, 0) is 49.4 Å². The van der Waals surface area contributed by atoms with E-state index in [1.54, 1.807) is 23.5 Å². The fourth-order valence-electron chi connectivity index (χ4n) is 2.33. The Labute approximate surface area is 177 Å². The van der Waals surface area contributed by atoms with Gasteiger partial charge in [0.2, 0.25) is 0 Å². The number of rotatable bonds is 7. The smallest absolute Gasteiger partial charge is 0.191 e. The van der Waals surface area contributed by atoms with Gasteiger partial charge in [-0.3, -0.25) is 4.99 Å². The quantitative estimate of drug-likeness (QED) is 0.341. The summed E-state index contributed by atoms with van der Waals surface area (Å²) in [6.45, 7) is 5.58. The Morgan fingerprint density at radius 2 is 1.92 bits per heavy atom. The third-order valence-electron chi connectivity index (χ3n) is 3.69. The number of nitrogens with one attached hydrogen (secondary N) is 2. The molecule has 1 heterocycles. The molecule has 2 aromatic rings. The molecule has 0 aliphatic heterocycles. The molecule has 26 heavy (non-hydrogen) atoms. The van der Waals surface area contributed by atoms with Crippen molar-refractivity contribution in [3.8, 4) is 0 Å². The third kappa shape index (κ3) is 7.24. The molecule has 0 aliphatic rings. The van der Waals surface area contributed by atoms with Crippen LogP contribution in [-0.2, 0) is 16.3 Å².